The Hall–Kier alpha value is -4.77. The Morgan fingerprint density at radius 2 is 1.72 bits per heavy atom. The van der Waals surface area contributed by atoms with Crippen molar-refractivity contribution in [2.24, 2.45) is 7.05 Å². The second kappa shape index (κ2) is 14.5. The van der Waals surface area contributed by atoms with Gasteiger partial charge in [0.15, 0.2) is 0 Å². The molecule has 10 nitrogen and oxygen atoms in total. The van der Waals surface area contributed by atoms with Crippen LogP contribution >= 0.6 is 23.2 Å². The quantitative estimate of drug-likeness (QED) is 0.132. The average molecular weight is 770 g/mol. The zero-order valence-electron chi connectivity index (χ0n) is 32.0. The van der Waals surface area contributed by atoms with Gasteiger partial charge < -0.3 is 28.8 Å². The predicted molar refractivity (Wildman–Crippen MR) is 217 cm³/mol. The number of halogens is 2. The molecule has 1 amide bonds. The van der Waals surface area contributed by atoms with E-state index in [1.165, 1.54) is 0 Å². The number of benzene rings is 3. The van der Waals surface area contributed by atoms with Crippen LogP contribution in [-0.2, 0) is 20.0 Å². The Kier molecular flexibility index (Phi) is 10.1. The van der Waals surface area contributed by atoms with Crippen LogP contribution in [0.5, 0.6) is 5.75 Å². The van der Waals surface area contributed by atoms with Crippen molar-refractivity contribution in [1.82, 2.24) is 23.8 Å². The Balaban J connectivity index is 1.36. The van der Waals surface area contributed by atoms with Crippen molar-refractivity contribution in [1.29, 1.82) is 0 Å². The summed E-state index contributed by atoms with van der Waals surface area (Å²) in [6, 6.07) is 12.8. The van der Waals surface area contributed by atoms with E-state index in [4.69, 9.17) is 33.0 Å². The van der Waals surface area contributed by atoms with Crippen LogP contribution in [0.25, 0.3) is 32.9 Å². The SMILES string of the molecule is Cc1cc(OCCCc2c3n(c4c(-c5c(C)nn(CCN(C)C)c5C)c(Cl)ccc24)C(C)CN(c2cn(C)c4cc(C(=O)O)ccc24)C3=O)cc(C)c1Cl. The summed E-state index contributed by atoms with van der Waals surface area (Å²) in [6.07, 6.45) is 3.18. The van der Waals surface area contributed by atoms with Gasteiger partial charge in [-0.1, -0.05) is 29.3 Å². The minimum absolute atomic E-state index is 0.115. The summed E-state index contributed by atoms with van der Waals surface area (Å²) in [7, 11) is 5.97. The van der Waals surface area contributed by atoms with Gasteiger partial charge in [0.1, 0.15) is 11.4 Å². The fourth-order valence-electron chi connectivity index (χ4n) is 8.08. The predicted octanol–water partition coefficient (Wildman–Crippen LogP) is 9.03. The highest BCUT2D eigenvalue weighted by Gasteiger charge is 2.37. The largest absolute Gasteiger partial charge is 0.494 e. The van der Waals surface area contributed by atoms with Crippen LogP contribution in [0.3, 0.4) is 0 Å². The van der Waals surface area contributed by atoms with E-state index in [2.05, 4.69) is 37.4 Å². The molecule has 1 aliphatic rings. The van der Waals surface area contributed by atoms with Gasteiger partial charge in [-0.25, -0.2) is 4.79 Å². The first kappa shape index (κ1) is 37.5. The molecule has 1 atom stereocenters. The number of ether oxygens (including phenoxy) is 1. The number of nitrogens with zero attached hydrogens (tertiary/aromatic N) is 6. The highest BCUT2D eigenvalue weighted by molar-refractivity contribution is 6.35. The van der Waals surface area contributed by atoms with E-state index in [9.17, 15) is 9.90 Å². The third kappa shape index (κ3) is 6.44. The molecule has 0 fully saturated rings. The highest BCUT2D eigenvalue weighted by Crippen LogP contribution is 2.46. The molecule has 1 unspecified atom stereocenters. The number of rotatable bonds is 11. The van der Waals surface area contributed by atoms with E-state index in [0.29, 0.717) is 36.7 Å². The fourth-order valence-corrected chi connectivity index (χ4v) is 8.44. The molecule has 0 saturated carbocycles. The fraction of sp³-hybridized carbons (Fsp3) is 0.357. The Labute approximate surface area is 325 Å². The topological polar surface area (TPSA) is 97.8 Å². The van der Waals surface area contributed by atoms with Gasteiger partial charge in [0.25, 0.3) is 5.91 Å². The van der Waals surface area contributed by atoms with E-state index < -0.39 is 5.97 Å². The first-order chi connectivity index (χ1) is 25.7. The van der Waals surface area contributed by atoms with Gasteiger partial charge >= 0.3 is 5.97 Å². The minimum atomic E-state index is -0.995. The lowest BCUT2D eigenvalue weighted by molar-refractivity contribution is 0.0696. The molecule has 0 radical (unpaired) electrons. The number of amides is 1. The number of carboxylic acid groups (broad SMARTS) is 1. The molecule has 7 rings (SSSR count). The molecule has 54 heavy (non-hydrogen) atoms. The standard InChI is InChI=1S/C42H46Cl2N6O4/c1-23-18-29(19-24(2)38(23)44)54-17-9-10-30-31-13-14-33(43)37(36-26(4)45-49(27(36)5)16-15-46(6)7)39(31)50-25(3)21-48(41(51)40(30)50)35-22-47(8)34-20-28(42(52)53)11-12-32(34)35/h11-14,18-20,22,25H,9-10,15-17,21H2,1-8H3,(H,52,53). The molecule has 1 aliphatic heterocycles. The zero-order valence-corrected chi connectivity index (χ0v) is 33.6. The molecule has 0 saturated heterocycles. The van der Waals surface area contributed by atoms with Gasteiger partial charge in [-0.05, 0) is 115 Å². The number of carbonyl (C=O) groups excluding carboxylic acids is 1. The molecule has 12 heteroatoms. The molecular weight excluding hydrogens is 723 g/mol. The Morgan fingerprint density at radius 3 is 2.41 bits per heavy atom. The molecule has 6 aromatic rings. The molecule has 282 valence electrons. The number of aromatic nitrogens is 4. The molecule has 0 spiro atoms. The van der Waals surface area contributed by atoms with Gasteiger partial charge in [0.05, 0.1) is 46.2 Å². The van der Waals surface area contributed by atoms with Crippen LogP contribution in [0, 0.1) is 27.7 Å². The van der Waals surface area contributed by atoms with Crippen molar-refractivity contribution in [3.05, 3.63) is 98.0 Å². The van der Waals surface area contributed by atoms with E-state index in [1.807, 2.05) is 72.4 Å². The number of fused-ring (bicyclic) bond motifs is 4. The average Bonchev–Trinajstić information content (AvgIpc) is 3.74. The summed E-state index contributed by atoms with van der Waals surface area (Å²) in [5.41, 5.74) is 9.89. The molecule has 4 heterocycles. The number of carboxylic acids is 1. The number of carbonyl (C=O) groups is 2. The maximum Gasteiger partial charge on any atom is 0.335 e. The third-order valence-electron chi connectivity index (χ3n) is 10.7. The normalized spacial score (nSPS) is 14.5. The molecular formula is C42H46Cl2N6O4. The second-order valence-corrected chi connectivity index (χ2v) is 15.6. The number of aromatic carboxylic acids is 1. The summed E-state index contributed by atoms with van der Waals surface area (Å²) in [6.45, 7) is 12.6. The molecule has 0 aliphatic carbocycles. The lowest BCUT2D eigenvalue weighted by Crippen LogP contribution is -2.42. The maximum atomic E-state index is 15.1. The van der Waals surface area contributed by atoms with Crippen LogP contribution in [0.15, 0.2) is 48.7 Å². The zero-order chi connectivity index (χ0) is 38.7. The number of likely N-dealkylation sites (N-methyl/N-ethyl adjacent to an activating group) is 1. The van der Waals surface area contributed by atoms with Crippen molar-refractivity contribution < 1.29 is 19.4 Å². The van der Waals surface area contributed by atoms with Crippen LogP contribution in [-0.4, -0.2) is 74.6 Å². The van der Waals surface area contributed by atoms with Gasteiger partial charge in [-0.15, -0.1) is 0 Å². The van der Waals surface area contributed by atoms with Crippen molar-refractivity contribution in [2.45, 2.75) is 60.0 Å². The van der Waals surface area contributed by atoms with E-state index >= 15 is 4.79 Å². The minimum Gasteiger partial charge on any atom is -0.494 e. The molecule has 0 bridgehead atoms. The van der Waals surface area contributed by atoms with Crippen LogP contribution in [0.2, 0.25) is 10.0 Å². The Morgan fingerprint density at radius 1 is 1.02 bits per heavy atom. The highest BCUT2D eigenvalue weighted by atomic mass is 35.5. The number of hydrogen-bond acceptors (Lipinski definition) is 5. The van der Waals surface area contributed by atoms with Gasteiger partial charge in [0, 0.05) is 65.0 Å². The second-order valence-electron chi connectivity index (χ2n) is 14.8. The molecule has 1 N–H and O–H groups in total. The monoisotopic (exact) mass is 768 g/mol. The summed E-state index contributed by atoms with van der Waals surface area (Å²) in [5.74, 6) is -0.344. The lowest BCUT2D eigenvalue weighted by atomic mass is 9.98. The van der Waals surface area contributed by atoms with Crippen molar-refractivity contribution >= 4 is 62.6 Å². The van der Waals surface area contributed by atoms with Gasteiger partial charge in [0.2, 0.25) is 0 Å². The van der Waals surface area contributed by atoms with Crippen molar-refractivity contribution in [2.75, 3.05) is 38.7 Å². The van der Waals surface area contributed by atoms with E-state index in [0.717, 1.165) is 90.6 Å². The number of hydrogen-bond donors (Lipinski definition) is 1. The summed E-state index contributed by atoms with van der Waals surface area (Å²) >= 11 is 13.6. The molecule has 3 aromatic heterocycles. The lowest BCUT2D eigenvalue weighted by Gasteiger charge is -2.34. The van der Waals surface area contributed by atoms with Gasteiger partial charge in [-0.3, -0.25) is 9.48 Å². The Bertz CT molecular complexity index is 2450. The van der Waals surface area contributed by atoms with E-state index in [1.54, 1.807) is 18.2 Å². The number of aryl methyl sites for hydroxylation is 5. The molecule has 3 aromatic carbocycles. The summed E-state index contributed by atoms with van der Waals surface area (Å²) in [5, 5.41) is 17.8. The first-order valence-corrected chi connectivity index (χ1v) is 19.0. The van der Waals surface area contributed by atoms with Crippen LogP contribution in [0.4, 0.5) is 5.69 Å². The summed E-state index contributed by atoms with van der Waals surface area (Å²) in [4.78, 5) is 30.8. The third-order valence-corrected chi connectivity index (χ3v) is 11.6. The first-order valence-electron chi connectivity index (χ1n) is 18.3. The van der Waals surface area contributed by atoms with Crippen molar-refractivity contribution in [3.8, 4) is 16.9 Å². The smallest absolute Gasteiger partial charge is 0.335 e. The van der Waals surface area contributed by atoms with Crippen LogP contribution in [0.1, 0.15) is 68.3 Å². The van der Waals surface area contributed by atoms with Crippen molar-refractivity contribution in [3.63, 3.8) is 0 Å². The summed E-state index contributed by atoms with van der Waals surface area (Å²) < 4.78 is 12.4. The maximum absolute atomic E-state index is 15.1. The van der Waals surface area contributed by atoms with E-state index in [-0.39, 0.29) is 17.5 Å². The van der Waals surface area contributed by atoms with Crippen LogP contribution < -0.4 is 9.64 Å². The van der Waals surface area contributed by atoms with Gasteiger partial charge in [-0.2, -0.15) is 5.10 Å². The number of anilines is 1.